The third kappa shape index (κ3) is 4.42. The fraction of sp³-hybridized carbons (Fsp3) is 0.188. The van der Waals surface area contributed by atoms with E-state index >= 15 is 0 Å². The number of aromatic nitrogens is 2. The van der Waals surface area contributed by atoms with Crippen LogP contribution in [0.4, 0.5) is 11.4 Å². The monoisotopic (exact) mass is 470 g/mol. The fourth-order valence-corrected chi connectivity index (χ4v) is 5.11. The van der Waals surface area contributed by atoms with Gasteiger partial charge in [0.25, 0.3) is 0 Å². The van der Waals surface area contributed by atoms with Crippen molar-refractivity contribution in [3.8, 4) is 0 Å². The zero-order chi connectivity index (χ0) is 25.4. The molecule has 0 aliphatic rings. The standard InChI is InChI=1S/C32H30N4/c1-19-13-21(3)29(22(4)14-19)33-17-25-9-7-11-27-28-12-8-10-26(32(28)36-35-31(25)27)18-34-30-23(5)15-20(2)16-24(30)6/h7-18H,1-6H3. The Hall–Kier alpha value is -4.18. The van der Waals surface area contributed by atoms with Gasteiger partial charge in [0.15, 0.2) is 0 Å². The minimum atomic E-state index is 0.843. The molecule has 0 saturated heterocycles. The lowest BCUT2D eigenvalue weighted by molar-refractivity contribution is 1.12. The Morgan fingerprint density at radius 3 is 1.25 bits per heavy atom. The smallest absolute Gasteiger partial charge is 0.102 e. The highest BCUT2D eigenvalue weighted by Crippen LogP contribution is 2.29. The third-order valence-corrected chi connectivity index (χ3v) is 6.61. The van der Waals surface area contributed by atoms with Gasteiger partial charge in [-0.3, -0.25) is 9.98 Å². The Morgan fingerprint density at radius 2 is 0.889 bits per heavy atom. The molecule has 0 aliphatic heterocycles. The summed E-state index contributed by atoms with van der Waals surface area (Å²) in [5.74, 6) is 0. The second kappa shape index (κ2) is 9.46. The van der Waals surface area contributed by atoms with E-state index < -0.39 is 0 Å². The predicted octanol–water partition coefficient (Wildman–Crippen LogP) is 8.13. The molecule has 4 heteroatoms. The number of nitrogens with zero attached hydrogens (tertiary/aromatic N) is 4. The Balaban J connectivity index is 1.58. The van der Waals surface area contributed by atoms with Crippen molar-refractivity contribution in [3.63, 3.8) is 0 Å². The second-order valence-corrected chi connectivity index (χ2v) is 9.70. The molecule has 178 valence electrons. The maximum atomic E-state index is 4.84. The van der Waals surface area contributed by atoms with Crippen molar-refractivity contribution >= 4 is 45.6 Å². The molecule has 1 heterocycles. The van der Waals surface area contributed by atoms with Gasteiger partial charge in [-0.2, -0.15) is 0 Å². The summed E-state index contributed by atoms with van der Waals surface area (Å²) >= 11 is 0. The third-order valence-electron chi connectivity index (χ3n) is 6.61. The molecule has 0 radical (unpaired) electrons. The molecule has 1 aromatic heterocycles. The molecular weight excluding hydrogens is 440 g/mol. The van der Waals surface area contributed by atoms with Crippen LogP contribution in [0.25, 0.3) is 21.8 Å². The van der Waals surface area contributed by atoms with Gasteiger partial charge in [-0.15, -0.1) is 10.2 Å². The zero-order valence-corrected chi connectivity index (χ0v) is 21.7. The molecule has 0 fully saturated rings. The summed E-state index contributed by atoms with van der Waals surface area (Å²) in [6.45, 7) is 12.6. The van der Waals surface area contributed by atoms with E-state index in [1.807, 2.05) is 24.6 Å². The van der Waals surface area contributed by atoms with E-state index in [0.29, 0.717) is 0 Å². The number of aliphatic imine (C=N–C) groups is 2. The molecular formula is C32H30N4. The first-order valence-corrected chi connectivity index (χ1v) is 12.2. The first-order chi connectivity index (χ1) is 17.3. The van der Waals surface area contributed by atoms with Crippen molar-refractivity contribution in [1.29, 1.82) is 0 Å². The zero-order valence-electron chi connectivity index (χ0n) is 21.7. The molecule has 4 aromatic carbocycles. The average molecular weight is 471 g/mol. The van der Waals surface area contributed by atoms with Crippen molar-refractivity contribution in [2.75, 3.05) is 0 Å². The molecule has 0 bridgehead atoms. The topological polar surface area (TPSA) is 50.5 Å². The van der Waals surface area contributed by atoms with Crippen LogP contribution < -0.4 is 0 Å². The van der Waals surface area contributed by atoms with Crippen LogP contribution in [0.15, 0.2) is 70.6 Å². The Kier molecular flexibility index (Phi) is 6.19. The van der Waals surface area contributed by atoms with Gasteiger partial charge in [-0.1, -0.05) is 71.8 Å². The summed E-state index contributed by atoms with van der Waals surface area (Å²) < 4.78 is 0. The van der Waals surface area contributed by atoms with Crippen molar-refractivity contribution < 1.29 is 0 Å². The predicted molar refractivity (Wildman–Crippen MR) is 153 cm³/mol. The van der Waals surface area contributed by atoms with Crippen molar-refractivity contribution in [3.05, 3.63) is 105 Å². The number of fused-ring (bicyclic) bond motifs is 3. The molecule has 0 atom stereocenters. The molecule has 0 saturated carbocycles. The molecule has 5 rings (SSSR count). The van der Waals surface area contributed by atoms with Gasteiger partial charge >= 0.3 is 0 Å². The minimum Gasteiger partial charge on any atom is -0.256 e. The molecule has 0 unspecified atom stereocenters. The van der Waals surface area contributed by atoms with Gasteiger partial charge in [0, 0.05) is 34.3 Å². The first kappa shape index (κ1) is 23.6. The highest BCUT2D eigenvalue weighted by molar-refractivity contribution is 6.12. The summed E-state index contributed by atoms with van der Waals surface area (Å²) in [7, 11) is 0. The van der Waals surface area contributed by atoms with Gasteiger partial charge in [-0.05, 0) is 63.8 Å². The normalized spacial score (nSPS) is 11.9. The lowest BCUT2D eigenvalue weighted by Crippen LogP contribution is -1.96. The number of hydrogen-bond donors (Lipinski definition) is 0. The molecule has 0 N–H and O–H groups in total. The molecule has 36 heavy (non-hydrogen) atoms. The van der Waals surface area contributed by atoms with Crippen LogP contribution in [0.5, 0.6) is 0 Å². The number of rotatable bonds is 4. The van der Waals surface area contributed by atoms with E-state index in [1.165, 1.54) is 33.4 Å². The quantitative estimate of drug-likeness (QED) is 0.197. The van der Waals surface area contributed by atoms with Crippen LogP contribution in [0, 0.1) is 41.5 Å². The maximum absolute atomic E-state index is 4.84. The summed E-state index contributed by atoms with van der Waals surface area (Å²) in [5.41, 5.74) is 12.8. The first-order valence-electron chi connectivity index (χ1n) is 12.2. The average Bonchev–Trinajstić information content (AvgIpc) is 2.82. The van der Waals surface area contributed by atoms with Gasteiger partial charge < -0.3 is 0 Å². The van der Waals surface area contributed by atoms with Gasteiger partial charge in [0.1, 0.15) is 11.0 Å². The highest BCUT2D eigenvalue weighted by Gasteiger charge is 2.10. The SMILES string of the molecule is Cc1cc(C)c(N=Cc2cccc3c2nnc2c(C=Nc4c(C)cc(C)cc4C)cccc23)c(C)c1. The highest BCUT2D eigenvalue weighted by atomic mass is 15.1. The summed E-state index contributed by atoms with van der Waals surface area (Å²) in [6, 6.07) is 21.1. The maximum Gasteiger partial charge on any atom is 0.102 e. The van der Waals surface area contributed by atoms with Gasteiger partial charge in [0.05, 0.1) is 11.4 Å². The molecule has 0 spiro atoms. The molecule has 4 nitrogen and oxygen atoms in total. The van der Waals surface area contributed by atoms with Crippen LogP contribution in [-0.2, 0) is 0 Å². The summed E-state index contributed by atoms with van der Waals surface area (Å²) in [5, 5.41) is 11.4. The number of benzene rings is 4. The largest absolute Gasteiger partial charge is 0.256 e. The fourth-order valence-electron chi connectivity index (χ4n) is 5.11. The van der Waals surface area contributed by atoms with Crippen LogP contribution >= 0.6 is 0 Å². The Bertz CT molecular complexity index is 1520. The number of hydrogen-bond acceptors (Lipinski definition) is 4. The van der Waals surface area contributed by atoms with E-state index in [1.54, 1.807) is 0 Å². The Labute approximate surface area is 212 Å². The Morgan fingerprint density at radius 1 is 0.528 bits per heavy atom. The summed E-state index contributed by atoms with van der Waals surface area (Å²) in [4.78, 5) is 9.67. The van der Waals surface area contributed by atoms with E-state index in [0.717, 1.165) is 44.3 Å². The second-order valence-electron chi connectivity index (χ2n) is 9.70. The molecule has 0 aliphatic carbocycles. The molecule has 0 amide bonds. The van der Waals surface area contributed by atoms with E-state index in [9.17, 15) is 0 Å². The van der Waals surface area contributed by atoms with Crippen LogP contribution in [0.3, 0.4) is 0 Å². The lowest BCUT2D eigenvalue weighted by atomic mass is 10.0. The molecule has 5 aromatic rings. The van der Waals surface area contributed by atoms with Gasteiger partial charge in [0.2, 0.25) is 0 Å². The van der Waals surface area contributed by atoms with Crippen molar-refractivity contribution in [2.24, 2.45) is 9.98 Å². The summed E-state index contributed by atoms with van der Waals surface area (Å²) in [6.07, 6.45) is 3.81. The van der Waals surface area contributed by atoms with E-state index in [4.69, 9.17) is 9.98 Å². The van der Waals surface area contributed by atoms with Crippen molar-refractivity contribution in [2.45, 2.75) is 41.5 Å². The minimum absolute atomic E-state index is 0.843. The van der Waals surface area contributed by atoms with Crippen LogP contribution in [0.1, 0.15) is 44.5 Å². The van der Waals surface area contributed by atoms with Crippen molar-refractivity contribution in [1.82, 2.24) is 10.2 Å². The van der Waals surface area contributed by atoms with E-state index in [-0.39, 0.29) is 0 Å². The number of aryl methyl sites for hydroxylation is 6. The van der Waals surface area contributed by atoms with Crippen LogP contribution in [-0.4, -0.2) is 22.6 Å². The van der Waals surface area contributed by atoms with E-state index in [2.05, 4.69) is 100 Å². The van der Waals surface area contributed by atoms with Gasteiger partial charge in [-0.25, -0.2) is 0 Å². The van der Waals surface area contributed by atoms with Crippen LogP contribution in [0.2, 0.25) is 0 Å². The lowest BCUT2D eigenvalue weighted by Gasteiger charge is -2.09.